The molecule has 0 aromatic carbocycles. The van der Waals surface area contributed by atoms with E-state index in [1.165, 1.54) is 18.9 Å². The summed E-state index contributed by atoms with van der Waals surface area (Å²) in [6.45, 7) is 1.89. The molecule has 0 radical (unpaired) electrons. The van der Waals surface area contributed by atoms with Crippen molar-refractivity contribution in [3.63, 3.8) is 0 Å². The Kier molecular flexibility index (Phi) is 3.65. The number of hydrogen-bond donors (Lipinski definition) is 1. The van der Waals surface area contributed by atoms with E-state index in [0.717, 1.165) is 6.42 Å². The van der Waals surface area contributed by atoms with Crippen molar-refractivity contribution in [3.05, 3.63) is 0 Å². The first-order valence-electron chi connectivity index (χ1n) is 4.69. The van der Waals surface area contributed by atoms with Gasteiger partial charge in [-0.25, -0.2) is 4.79 Å². The molecule has 6 heteroatoms. The van der Waals surface area contributed by atoms with Crippen LogP contribution in [0.5, 0.6) is 0 Å². The van der Waals surface area contributed by atoms with Gasteiger partial charge in [-0.05, 0) is 19.8 Å². The summed E-state index contributed by atoms with van der Waals surface area (Å²) in [7, 11) is 1.29. The summed E-state index contributed by atoms with van der Waals surface area (Å²) in [6.07, 6.45) is 1.35. The fourth-order valence-corrected chi connectivity index (χ4v) is 1.64. The number of likely N-dealkylation sites (tertiary alicyclic amines) is 1. The van der Waals surface area contributed by atoms with Crippen LogP contribution in [0.25, 0.3) is 0 Å². The van der Waals surface area contributed by atoms with Crippen LogP contribution in [0.2, 0.25) is 0 Å². The van der Waals surface area contributed by atoms with Gasteiger partial charge in [-0.3, -0.25) is 4.79 Å². The van der Waals surface area contributed by atoms with E-state index in [9.17, 15) is 9.59 Å². The summed E-state index contributed by atoms with van der Waals surface area (Å²) in [5.41, 5.74) is -0.0224. The van der Waals surface area contributed by atoms with Gasteiger partial charge in [0.05, 0.1) is 7.11 Å². The maximum Gasteiger partial charge on any atom is 0.328 e. The Hall–Kier alpha value is -1.59. The Labute approximate surface area is 87.5 Å². The first kappa shape index (κ1) is 11.5. The van der Waals surface area contributed by atoms with Crippen molar-refractivity contribution in [1.29, 1.82) is 0 Å². The monoisotopic (exact) mass is 214 g/mol. The van der Waals surface area contributed by atoms with Crippen LogP contribution in [0.15, 0.2) is 5.16 Å². The molecular formula is C9H14N2O4. The van der Waals surface area contributed by atoms with Crippen LogP contribution in [-0.2, 0) is 14.3 Å². The number of amides is 1. The highest BCUT2D eigenvalue weighted by Crippen LogP contribution is 2.18. The molecule has 0 aromatic rings. The first-order valence-corrected chi connectivity index (χ1v) is 4.69. The third-order valence-electron chi connectivity index (χ3n) is 2.45. The summed E-state index contributed by atoms with van der Waals surface area (Å²) >= 11 is 0. The average molecular weight is 214 g/mol. The molecule has 0 saturated carbocycles. The van der Waals surface area contributed by atoms with Gasteiger partial charge in [0, 0.05) is 6.54 Å². The van der Waals surface area contributed by atoms with Crippen molar-refractivity contribution in [2.75, 3.05) is 13.7 Å². The van der Waals surface area contributed by atoms with E-state index in [-0.39, 0.29) is 5.71 Å². The highest BCUT2D eigenvalue weighted by atomic mass is 16.5. The standard InChI is InChI=1S/C9H14N2O4/c1-6(10-14)8(12)11-5-3-4-7(11)9(13)15-2/h7,14H,3-5H2,1-2H3/b10-6+/t7-/m0/s1. The van der Waals surface area contributed by atoms with Gasteiger partial charge in [0.2, 0.25) is 0 Å². The third kappa shape index (κ3) is 2.26. The minimum atomic E-state index is -0.542. The number of methoxy groups -OCH3 is 1. The molecule has 6 nitrogen and oxygen atoms in total. The van der Waals surface area contributed by atoms with E-state index < -0.39 is 17.9 Å². The number of esters is 1. The van der Waals surface area contributed by atoms with E-state index in [1.807, 2.05) is 0 Å². The lowest BCUT2D eigenvalue weighted by atomic mass is 10.2. The number of carbonyl (C=O) groups excluding carboxylic acids is 2. The van der Waals surface area contributed by atoms with Gasteiger partial charge in [-0.1, -0.05) is 5.16 Å². The highest BCUT2D eigenvalue weighted by molar-refractivity contribution is 6.38. The third-order valence-corrected chi connectivity index (χ3v) is 2.45. The summed E-state index contributed by atoms with van der Waals surface area (Å²) in [4.78, 5) is 24.3. The zero-order valence-electron chi connectivity index (χ0n) is 8.77. The molecule has 0 aliphatic carbocycles. The maximum absolute atomic E-state index is 11.6. The summed E-state index contributed by atoms with van der Waals surface area (Å²) < 4.78 is 4.59. The lowest BCUT2D eigenvalue weighted by Gasteiger charge is -2.21. The number of carbonyl (C=O) groups is 2. The van der Waals surface area contributed by atoms with Crippen LogP contribution in [-0.4, -0.2) is 47.4 Å². The Balaban J connectivity index is 2.77. The molecule has 1 aliphatic rings. The molecule has 1 saturated heterocycles. The first-order chi connectivity index (χ1) is 7.11. The minimum Gasteiger partial charge on any atom is -0.467 e. The topological polar surface area (TPSA) is 79.2 Å². The van der Waals surface area contributed by atoms with Gasteiger partial charge < -0.3 is 14.8 Å². The summed E-state index contributed by atoms with van der Waals surface area (Å²) in [5.74, 6) is -0.850. The second-order valence-electron chi connectivity index (χ2n) is 3.37. The van der Waals surface area contributed by atoms with Gasteiger partial charge in [-0.15, -0.1) is 0 Å². The van der Waals surface area contributed by atoms with Crippen LogP contribution in [0.1, 0.15) is 19.8 Å². The fraction of sp³-hybridized carbons (Fsp3) is 0.667. The maximum atomic E-state index is 11.6. The van der Waals surface area contributed by atoms with Gasteiger partial charge in [0.25, 0.3) is 5.91 Å². The van der Waals surface area contributed by atoms with Crippen molar-refractivity contribution in [1.82, 2.24) is 4.90 Å². The predicted molar refractivity (Wildman–Crippen MR) is 51.6 cm³/mol. The largest absolute Gasteiger partial charge is 0.467 e. The number of nitrogens with zero attached hydrogens (tertiary/aromatic N) is 2. The predicted octanol–water partition coefficient (Wildman–Crippen LogP) is 0.000500. The molecule has 0 aromatic heterocycles. The molecule has 15 heavy (non-hydrogen) atoms. The molecule has 1 fully saturated rings. The molecule has 0 spiro atoms. The molecule has 1 aliphatic heterocycles. The van der Waals surface area contributed by atoms with Crippen LogP contribution in [0.4, 0.5) is 0 Å². The van der Waals surface area contributed by atoms with Crippen molar-refractivity contribution in [2.24, 2.45) is 5.16 Å². The van der Waals surface area contributed by atoms with Crippen LogP contribution >= 0.6 is 0 Å². The molecule has 84 valence electrons. The normalized spacial score (nSPS) is 21.6. The van der Waals surface area contributed by atoms with Crippen LogP contribution < -0.4 is 0 Å². The Morgan fingerprint density at radius 3 is 2.73 bits per heavy atom. The van der Waals surface area contributed by atoms with Gasteiger partial charge in [0.15, 0.2) is 0 Å². The zero-order valence-corrected chi connectivity index (χ0v) is 8.77. The van der Waals surface area contributed by atoms with E-state index in [1.54, 1.807) is 0 Å². The molecule has 1 atom stereocenters. The Morgan fingerprint density at radius 1 is 1.53 bits per heavy atom. The second-order valence-corrected chi connectivity index (χ2v) is 3.37. The summed E-state index contributed by atoms with van der Waals surface area (Å²) in [6, 6.07) is -0.542. The molecule has 1 N–H and O–H groups in total. The van der Waals surface area contributed by atoms with E-state index in [0.29, 0.717) is 13.0 Å². The molecule has 0 bridgehead atoms. The highest BCUT2D eigenvalue weighted by Gasteiger charge is 2.35. The van der Waals surface area contributed by atoms with Crippen molar-refractivity contribution in [3.8, 4) is 0 Å². The van der Waals surface area contributed by atoms with Gasteiger partial charge >= 0.3 is 5.97 Å². The minimum absolute atomic E-state index is 0.0224. The second kappa shape index (κ2) is 4.77. The molecule has 1 rings (SSSR count). The SMILES string of the molecule is COC(=O)[C@@H]1CCCN1C(=O)/C(C)=N/O. The summed E-state index contributed by atoms with van der Waals surface area (Å²) in [5, 5.41) is 11.3. The van der Waals surface area contributed by atoms with Gasteiger partial charge in [0.1, 0.15) is 11.8 Å². The fourth-order valence-electron chi connectivity index (χ4n) is 1.64. The quantitative estimate of drug-likeness (QED) is 0.304. The van der Waals surface area contributed by atoms with Crippen molar-refractivity contribution in [2.45, 2.75) is 25.8 Å². The number of ether oxygens (including phenoxy) is 1. The van der Waals surface area contributed by atoms with Crippen molar-refractivity contribution >= 4 is 17.6 Å². The average Bonchev–Trinajstić information content (AvgIpc) is 2.74. The Bertz CT molecular complexity index is 300. The number of rotatable bonds is 2. The van der Waals surface area contributed by atoms with E-state index >= 15 is 0 Å². The zero-order chi connectivity index (χ0) is 11.4. The number of oxime groups is 1. The van der Waals surface area contributed by atoms with E-state index in [4.69, 9.17) is 5.21 Å². The van der Waals surface area contributed by atoms with Crippen LogP contribution in [0, 0.1) is 0 Å². The molecular weight excluding hydrogens is 200 g/mol. The Morgan fingerprint density at radius 2 is 2.20 bits per heavy atom. The van der Waals surface area contributed by atoms with Gasteiger partial charge in [-0.2, -0.15) is 0 Å². The van der Waals surface area contributed by atoms with Crippen molar-refractivity contribution < 1.29 is 19.5 Å². The lowest BCUT2D eigenvalue weighted by Crippen LogP contribution is -2.43. The molecule has 1 amide bonds. The lowest BCUT2D eigenvalue weighted by molar-refractivity contribution is -0.149. The molecule has 1 heterocycles. The number of hydrogen-bond acceptors (Lipinski definition) is 5. The van der Waals surface area contributed by atoms with E-state index in [2.05, 4.69) is 9.89 Å². The van der Waals surface area contributed by atoms with Crippen LogP contribution in [0.3, 0.4) is 0 Å². The smallest absolute Gasteiger partial charge is 0.328 e. The molecule has 0 unspecified atom stereocenters.